The third-order valence-corrected chi connectivity index (χ3v) is 5.09. The van der Waals surface area contributed by atoms with Crippen LogP contribution in [-0.2, 0) is 9.53 Å². The van der Waals surface area contributed by atoms with E-state index in [9.17, 15) is 4.79 Å². The fourth-order valence-corrected chi connectivity index (χ4v) is 3.69. The number of rotatable bonds is 2. The van der Waals surface area contributed by atoms with Crippen molar-refractivity contribution in [3.8, 4) is 0 Å². The first kappa shape index (κ1) is 15.0. The van der Waals surface area contributed by atoms with E-state index in [1.165, 1.54) is 0 Å². The molecular weight excluding hydrogens is 236 g/mol. The number of hydrogen-bond acceptors (Lipinski definition) is 2. The highest BCUT2D eigenvalue weighted by Gasteiger charge is 2.39. The van der Waals surface area contributed by atoms with Crippen molar-refractivity contribution in [3.63, 3.8) is 0 Å². The van der Waals surface area contributed by atoms with Gasteiger partial charge in [0.2, 0.25) is 0 Å². The van der Waals surface area contributed by atoms with Crippen molar-refractivity contribution in [1.29, 1.82) is 0 Å². The topological polar surface area (TPSA) is 26.3 Å². The summed E-state index contributed by atoms with van der Waals surface area (Å²) in [5.41, 5.74) is 0.348. The second-order valence-electron chi connectivity index (χ2n) is 8.27. The minimum Gasteiger partial charge on any atom is -0.372 e. The van der Waals surface area contributed by atoms with Gasteiger partial charge in [0.25, 0.3) is 0 Å². The number of hydrogen-bond donors (Lipinski definition) is 0. The summed E-state index contributed by atoms with van der Waals surface area (Å²) in [6, 6.07) is 0. The van der Waals surface area contributed by atoms with Gasteiger partial charge in [-0.1, -0.05) is 20.8 Å². The fourth-order valence-electron chi connectivity index (χ4n) is 3.69. The SMILES string of the molecule is CC1(C)CCC(CC2CC(C(C)(C)C)CCC2=O)O1. The van der Waals surface area contributed by atoms with Crippen molar-refractivity contribution in [1.82, 2.24) is 0 Å². The quantitative estimate of drug-likeness (QED) is 0.742. The lowest BCUT2D eigenvalue weighted by molar-refractivity contribution is -0.128. The van der Waals surface area contributed by atoms with Crippen LogP contribution in [0, 0.1) is 17.3 Å². The maximum atomic E-state index is 12.2. The van der Waals surface area contributed by atoms with Gasteiger partial charge in [-0.05, 0) is 57.3 Å². The van der Waals surface area contributed by atoms with Gasteiger partial charge in [0.15, 0.2) is 0 Å². The van der Waals surface area contributed by atoms with Crippen LogP contribution in [-0.4, -0.2) is 17.5 Å². The van der Waals surface area contributed by atoms with E-state index in [1.807, 2.05) is 0 Å². The lowest BCUT2D eigenvalue weighted by atomic mass is 9.67. The lowest BCUT2D eigenvalue weighted by Crippen LogP contribution is -2.34. The van der Waals surface area contributed by atoms with Crippen LogP contribution in [0.1, 0.15) is 73.1 Å². The van der Waals surface area contributed by atoms with Crippen LogP contribution in [0.15, 0.2) is 0 Å². The molecule has 1 heterocycles. The standard InChI is InChI=1S/C17H30O2/c1-16(2,3)13-6-7-15(18)12(10-13)11-14-8-9-17(4,5)19-14/h12-14H,6-11H2,1-5H3. The molecule has 0 bridgehead atoms. The zero-order chi connectivity index (χ0) is 14.3. The van der Waals surface area contributed by atoms with Crippen LogP contribution in [0.2, 0.25) is 0 Å². The normalized spacial score (nSPS) is 35.6. The van der Waals surface area contributed by atoms with E-state index in [0.717, 1.165) is 38.5 Å². The number of ketones is 1. The highest BCUT2D eigenvalue weighted by Crippen LogP contribution is 2.42. The van der Waals surface area contributed by atoms with Crippen molar-refractivity contribution in [2.75, 3.05) is 0 Å². The molecule has 2 aliphatic rings. The highest BCUT2D eigenvalue weighted by atomic mass is 16.5. The molecule has 1 saturated heterocycles. The summed E-state index contributed by atoms with van der Waals surface area (Å²) in [6.07, 6.45) is 6.44. The van der Waals surface area contributed by atoms with Crippen LogP contribution in [0.25, 0.3) is 0 Å². The van der Waals surface area contributed by atoms with E-state index >= 15 is 0 Å². The van der Waals surface area contributed by atoms with E-state index < -0.39 is 0 Å². The van der Waals surface area contributed by atoms with Gasteiger partial charge in [0.05, 0.1) is 11.7 Å². The van der Waals surface area contributed by atoms with E-state index in [4.69, 9.17) is 4.74 Å². The molecule has 2 nitrogen and oxygen atoms in total. The Kier molecular flexibility index (Phi) is 4.11. The summed E-state index contributed by atoms with van der Waals surface area (Å²) in [5, 5.41) is 0. The molecule has 110 valence electrons. The molecular formula is C17H30O2. The summed E-state index contributed by atoms with van der Waals surface area (Å²) in [7, 11) is 0. The molecule has 3 atom stereocenters. The molecule has 1 aliphatic carbocycles. The van der Waals surface area contributed by atoms with Gasteiger partial charge >= 0.3 is 0 Å². The molecule has 2 fully saturated rings. The predicted molar refractivity (Wildman–Crippen MR) is 78.1 cm³/mol. The third-order valence-electron chi connectivity index (χ3n) is 5.09. The average Bonchev–Trinajstić information content (AvgIpc) is 2.60. The number of carbonyl (C=O) groups is 1. The largest absolute Gasteiger partial charge is 0.372 e. The zero-order valence-corrected chi connectivity index (χ0v) is 13.3. The third kappa shape index (κ3) is 3.81. The Balaban J connectivity index is 1.93. The van der Waals surface area contributed by atoms with Crippen molar-refractivity contribution in [2.24, 2.45) is 17.3 Å². The van der Waals surface area contributed by atoms with Crippen LogP contribution >= 0.6 is 0 Å². The van der Waals surface area contributed by atoms with Crippen LogP contribution in [0.5, 0.6) is 0 Å². The molecule has 19 heavy (non-hydrogen) atoms. The van der Waals surface area contributed by atoms with Gasteiger partial charge in [-0.2, -0.15) is 0 Å². The number of carbonyl (C=O) groups excluding carboxylic acids is 1. The Bertz CT molecular complexity index is 338. The minimum atomic E-state index is 0.0197. The Morgan fingerprint density at radius 3 is 2.47 bits per heavy atom. The maximum Gasteiger partial charge on any atom is 0.136 e. The van der Waals surface area contributed by atoms with Crippen molar-refractivity contribution in [3.05, 3.63) is 0 Å². The molecule has 0 aromatic rings. The number of Topliss-reactive ketones (excluding diaryl/α,β-unsaturated/α-hetero) is 1. The molecule has 0 amide bonds. The van der Waals surface area contributed by atoms with Gasteiger partial charge in [0.1, 0.15) is 5.78 Å². The summed E-state index contributed by atoms with van der Waals surface area (Å²) < 4.78 is 6.07. The molecule has 0 aromatic heterocycles. The Morgan fingerprint density at radius 1 is 1.26 bits per heavy atom. The number of ether oxygens (including phenoxy) is 1. The predicted octanol–water partition coefficient (Wildman–Crippen LogP) is 4.37. The average molecular weight is 266 g/mol. The van der Waals surface area contributed by atoms with Crippen molar-refractivity contribution < 1.29 is 9.53 Å². The Morgan fingerprint density at radius 2 is 1.95 bits per heavy atom. The second kappa shape index (κ2) is 5.20. The molecule has 3 unspecified atom stereocenters. The Labute approximate surface area is 118 Å². The van der Waals surface area contributed by atoms with Gasteiger partial charge in [-0.3, -0.25) is 4.79 Å². The zero-order valence-electron chi connectivity index (χ0n) is 13.3. The van der Waals surface area contributed by atoms with Crippen molar-refractivity contribution >= 4 is 5.78 Å². The minimum absolute atomic E-state index is 0.0197. The van der Waals surface area contributed by atoms with Gasteiger partial charge in [0, 0.05) is 12.3 Å². The van der Waals surface area contributed by atoms with Crippen LogP contribution < -0.4 is 0 Å². The summed E-state index contributed by atoms with van der Waals surface area (Å²) >= 11 is 0. The smallest absolute Gasteiger partial charge is 0.136 e. The molecule has 0 aromatic carbocycles. The highest BCUT2D eigenvalue weighted by molar-refractivity contribution is 5.81. The molecule has 0 spiro atoms. The molecule has 2 heteroatoms. The van der Waals surface area contributed by atoms with E-state index in [1.54, 1.807) is 0 Å². The van der Waals surface area contributed by atoms with Gasteiger partial charge < -0.3 is 4.74 Å². The first-order valence-electron chi connectivity index (χ1n) is 7.88. The maximum absolute atomic E-state index is 12.2. The molecule has 2 rings (SSSR count). The summed E-state index contributed by atoms with van der Waals surface area (Å²) in [5.74, 6) is 1.41. The molecule has 0 radical (unpaired) electrons. The van der Waals surface area contributed by atoms with Crippen LogP contribution in [0.4, 0.5) is 0 Å². The fraction of sp³-hybridized carbons (Fsp3) is 0.941. The molecule has 1 saturated carbocycles. The summed E-state index contributed by atoms with van der Waals surface area (Å²) in [6.45, 7) is 11.2. The Hall–Kier alpha value is -0.370. The molecule has 0 N–H and O–H groups in total. The monoisotopic (exact) mass is 266 g/mol. The summed E-state index contributed by atoms with van der Waals surface area (Å²) in [4.78, 5) is 12.2. The van der Waals surface area contributed by atoms with Gasteiger partial charge in [-0.15, -0.1) is 0 Å². The first-order valence-corrected chi connectivity index (χ1v) is 7.88. The first-order chi connectivity index (χ1) is 8.67. The van der Waals surface area contributed by atoms with Gasteiger partial charge in [-0.25, -0.2) is 0 Å². The molecule has 1 aliphatic heterocycles. The van der Waals surface area contributed by atoms with Crippen LogP contribution in [0.3, 0.4) is 0 Å². The van der Waals surface area contributed by atoms with E-state index in [2.05, 4.69) is 34.6 Å². The second-order valence-corrected chi connectivity index (χ2v) is 8.27. The van der Waals surface area contributed by atoms with E-state index in [-0.39, 0.29) is 11.5 Å². The van der Waals surface area contributed by atoms with Crippen molar-refractivity contribution in [2.45, 2.75) is 84.8 Å². The lowest BCUT2D eigenvalue weighted by Gasteiger charge is -2.37. The van der Waals surface area contributed by atoms with E-state index in [0.29, 0.717) is 23.2 Å².